The van der Waals surface area contributed by atoms with Crippen LogP contribution >= 0.6 is 22.6 Å². The van der Waals surface area contributed by atoms with Crippen molar-refractivity contribution in [2.45, 2.75) is 44.6 Å². The molecular weight excluding hydrogens is 589 g/mol. The average Bonchev–Trinajstić information content (AvgIpc) is 3.26. The highest BCUT2D eigenvalue weighted by atomic mass is 127. The van der Waals surface area contributed by atoms with Crippen molar-refractivity contribution in [2.75, 3.05) is 0 Å². The summed E-state index contributed by atoms with van der Waals surface area (Å²) in [5, 5.41) is 10.1. The number of carbonyl (C=O) groups is 1. The molecule has 0 bridgehead atoms. The monoisotopic (exact) mass is 617 g/mol. The van der Waals surface area contributed by atoms with E-state index in [1.807, 2.05) is 75.4 Å². The van der Waals surface area contributed by atoms with Crippen LogP contribution < -0.4 is 9.46 Å². The molecule has 0 aliphatic rings. The Morgan fingerprint density at radius 3 is 2.50 bits per heavy atom. The van der Waals surface area contributed by atoms with Crippen LogP contribution in [0.5, 0.6) is 5.75 Å². The Balaban J connectivity index is 1.63. The van der Waals surface area contributed by atoms with Crippen LogP contribution in [0, 0.1) is 3.57 Å². The number of aliphatic carboxylic acids is 1. The molecule has 1 heterocycles. The summed E-state index contributed by atoms with van der Waals surface area (Å²) in [6.07, 6.45) is -0.0956. The summed E-state index contributed by atoms with van der Waals surface area (Å²) in [6, 6.07) is 22.6. The van der Waals surface area contributed by atoms with Gasteiger partial charge in [-0.3, -0.25) is 4.79 Å². The molecular formula is C28H28INO5S. The van der Waals surface area contributed by atoms with Gasteiger partial charge in [-0.1, -0.05) is 48.5 Å². The molecule has 0 aliphatic heterocycles. The van der Waals surface area contributed by atoms with Crippen molar-refractivity contribution in [1.82, 2.24) is 4.72 Å². The zero-order valence-corrected chi connectivity index (χ0v) is 23.3. The van der Waals surface area contributed by atoms with E-state index in [4.69, 9.17) is 14.3 Å². The lowest BCUT2D eigenvalue weighted by Gasteiger charge is -2.27. The predicted octanol–water partition coefficient (Wildman–Crippen LogP) is 6.38. The smallest absolute Gasteiger partial charge is 0.307 e. The van der Waals surface area contributed by atoms with Crippen molar-refractivity contribution in [2.24, 2.45) is 0 Å². The van der Waals surface area contributed by atoms with E-state index in [0.717, 1.165) is 25.7 Å². The third-order valence-electron chi connectivity index (χ3n) is 5.56. The van der Waals surface area contributed by atoms with E-state index in [2.05, 4.69) is 27.3 Å². The van der Waals surface area contributed by atoms with Crippen molar-refractivity contribution in [3.05, 3.63) is 98.8 Å². The molecule has 2 N–H and O–H groups in total. The van der Waals surface area contributed by atoms with Gasteiger partial charge in [-0.25, -0.2) is 0 Å². The standard InChI is InChI=1S/C28H28INO5S/c1-28(2,3)36(33)30-26(19-9-5-4-6-10-19)24-15-21-13-18(14-22(29)27(21)35-24)17-34-23-12-8-7-11-20(23)16-25(31)32/h4-15,26,30H,16-17H2,1-3H3,(H,31,32)/t26-,36-/m1/s1. The van der Waals surface area contributed by atoms with Crippen molar-refractivity contribution < 1.29 is 23.6 Å². The van der Waals surface area contributed by atoms with Crippen LogP contribution in [0.3, 0.4) is 0 Å². The molecule has 4 aromatic rings. The van der Waals surface area contributed by atoms with Gasteiger partial charge in [0.05, 0.1) is 9.99 Å². The number of para-hydroxylation sites is 1. The first-order valence-electron chi connectivity index (χ1n) is 11.5. The van der Waals surface area contributed by atoms with Gasteiger partial charge < -0.3 is 18.8 Å². The fourth-order valence-corrected chi connectivity index (χ4v) is 5.39. The second-order valence-electron chi connectivity index (χ2n) is 9.45. The average molecular weight is 618 g/mol. The Kier molecular flexibility index (Phi) is 8.29. The molecule has 1 aromatic heterocycles. The van der Waals surface area contributed by atoms with E-state index in [1.165, 1.54) is 0 Å². The minimum Gasteiger partial charge on any atom is -0.598 e. The molecule has 8 heteroatoms. The van der Waals surface area contributed by atoms with Crippen LogP contribution in [-0.4, -0.2) is 20.4 Å². The van der Waals surface area contributed by atoms with E-state index in [-0.39, 0.29) is 19.1 Å². The highest BCUT2D eigenvalue weighted by molar-refractivity contribution is 14.1. The third-order valence-corrected chi connectivity index (χ3v) is 7.92. The Morgan fingerprint density at radius 1 is 1.11 bits per heavy atom. The van der Waals surface area contributed by atoms with Gasteiger partial charge in [0, 0.05) is 22.3 Å². The van der Waals surface area contributed by atoms with Crippen molar-refractivity contribution in [1.29, 1.82) is 0 Å². The number of carboxylic acids is 1. The number of hydrogen-bond acceptors (Lipinski definition) is 5. The number of rotatable bonds is 9. The van der Waals surface area contributed by atoms with Gasteiger partial charge in [0.2, 0.25) is 0 Å². The van der Waals surface area contributed by atoms with E-state index in [1.54, 1.807) is 18.2 Å². The van der Waals surface area contributed by atoms with Crippen molar-refractivity contribution >= 4 is 50.9 Å². The van der Waals surface area contributed by atoms with E-state index in [9.17, 15) is 9.35 Å². The van der Waals surface area contributed by atoms with E-state index < -0.39 is 22.1 Å². The summed E-state index contributed by atoms with van der Waals surface area (Å²) in [6.45, 7) is 6.08. The number of halogens is 1. The minimum absolute atomic E-state index is 0.0956. The van der Waals surface area contributed by atoms with Crippen LogP contribution in [0.15, 0.2) is 77.2 Å². The summed E-state index contributed by atoms with van der Waals surface area (Å²) in [5.74, 6) is 0.333. The summed E-state index contributed by atoms with van der Waals surface area (Å²) in [7, 11) is 0. The zero-order chi connectivity index (χ0) is 25.9. The van der Waals surface area contributed by atoms with Crippen LogP contribution in [0.4, 0.5) is 0 Å². The largest absolute Gasteiger partial charge is 0.598 e. The highest BCUT2D eigenvalue weighted by Gasteiger charge is 2.32. The molecule has 0 radical (unpaired) electrons. The van der Waals surface area contributed by atoms with Crippen LogP contribution in [0.25, 0.3) is 11.0 Å². The molecule has 0 saturated heterocycles. The van der Waals surface area contributed by atoms with Gasteiger partial charge in [0.1, 0.15) is 34.5 Å². The quantitative estimate of drug-likeness (QED) is 0.167. The first-order valence-corrected chi connectivity index (χ1v) is 13.7. The number of ether oxygens (including phenoxy) is 1. The fourth-order valence-electron chi connectivity index (χ4n) is 3.75. The first kappa shape index (κ1) is 26.5. The molecule has 3 aromatic carbocycles. The number of hydrogen-bond donors (Lipinski definition) is 2. The molecule has 4 rings (SSSR count). The van der Waals surface area contributed by atoms with E-state index in [0.29, 0.717) is 17.1 Å². The van der Waals surface area contributed by atoms with Crippen molar-refractivity contribution in [3.63, 3.8) is 0 Å². The number of benzene rings is 3. The van der Waals surface area contributed by atoms with Crippen LogP contribution in [0.2, 0.25) is 0 Å². The molecule has 0 amide bonds. The van der Waals surface area contributed by atoms with Gasteiger partial charge in [0.15, 0.2) is 0 Å². The van der Waals surface area contributed by atoms with Gasteiger partial charge in [-0.05, 0) is 78.8 Å². The van der Waals surface area contributed by atoms with Crippen LogP contribution in [-0.2, 0) is 29.2 Å². The molecule has 0 saturated carbocycles. The number of fused-ring (bicyclic) bond motifs is 1. The SMILES string of the molecule is CC(C)(C)[S@@+]([O-])N[C@H](c1ccccc1)c1cc2cc(COc3ccccc3CC(=O)O)cc(I)c2o1. The third kappa shape index (κ3) is 6.42. The van der Waals surface area contributed by atoms with Gasteiger partial charge >= 0.3 is 5.97 Å². The molecule has 0 spiro atoms. The normalized spacial score (nSPS) is 13.5. The summed E-state index contributed by atoms with van der Waals surface area (Å²) in [4.78, 5) is 11.2. The van der Waals surface area contributed by atoms with Crippen molar-refractivity contribution in [3.8, 4) is 5.75 Å². The Labute approximate surface area is 227 Å². The summed E-state index contributed by atoms with van der Waals surface area (Å²) < 4.78 is 29.0. The molecule has 0 aliphatic carbocycles. The number of nitrogens with one attached hydrogen (secondary N) is 1. The maximum Gasteiger partial charge on any atom is 0.307 e. The minimum atomic E-state index is -1.30. The Morgan fingerprint density at radius 2 is 1.81 bits per heavy atom. The topological polar surface area (TPSA) is 94.8 Å². The lowest BCUT2D eigenvalue weighted by molar-refractivity contribution is -0.136. The summed E-state index contributed by atoms with van der Waals surface area (Å²) in [5.41, 5.74) is 3.29. The Bertz CT molecular complexity index is 1350. The number of carboxylic acid groups (broad SMARTS) is 1. The molecule has 2 atom stereocenters. The predicted molar refractivity (Wildman–Crippen MR) is 150 cm³/mol. The molecule has 6 nitrogen and oxygen atoms in total. The first-order chi connectivity index (χ1) is 17.1. The fraction of sp³-hybridized carbons (Fsp3) is 0.250. The van der Waals surface area contributed by atoms with Gasteiger partial charge in [-0.2, -0.15) is 0 Å². The highest BCUT2D eigenvalue weighted by Crippen LogP contribution is 2.33. The lowest BCUT2D eigenvalue weighted by Crippen LogP contribution is -2.41. The van der Waals surface area contributed by atoms with Gasteiger partial charge in [-0.15, -0.1) is 4.72 Å². The second kappa shape index (κ2) is 11.2. The van der Waals surface area contributed by atoms with Gasteiger partial charge in [0.25, 0.3) is 0 Å². The maximum atomic E-state index is 13.0. The zero-order valence-electron chi connectivity index (χ0n) is 20.3. The summed E-state index contributed by atoms with van der Waals surface area (Å²) >= 11 is 0.939. The second-order valence-corrected chi connectivity index (χ2v) is 12.6. The lowest BCUT2D eigenvalue weighted by atomic mass is 10.1. The number of furan rings is 1. The Hall–Kier alpha value is -2.53. The molecule has 0 unspecified atom stereocenters. The molecule has 188 valence electrons. The molecule has 0 fully saturated rings. The van der Waals surface area contributed by atoms with Crippen LogP contribution in [0.1, 0.15) is 49.3 Å². The van der Waals surface area contributed by atoms with E-state index >= 15 is 0 Å². The maximum absolute atomic E-state index is 13.0. The molecule has 36 heavy (non-hydrogen) atoms.